The lowest BCUT2D eigenvalue weighted by molar-refractivity contribution is -0.145. The smallest absolute Gasteiger partial charge is 0.408 e. The van der Waals surface area contributed by atoms with E-state index < -0.39 is 53.1 Å². The number of hydrogen-bond donors (Lipinski definition) is 3. The highest BCUT2D eigenvalue weighted by molar-refractivity contribution is 7.13. The third kappa shape index (κ3) is 7.88. The first-order chi connectivity index (χ1) is 24.3. The Bertz CT molecular complexity index is 1820. The van der Waals surface area contributed by atoms with Crippen molar-refractivity contribution in [2.24, 2.45) is 5.92 Å². The van der Waals surface area contributed by atoms with E-state index in [2.05, 4.69) is 15.6 Å². The third-order valence-corrected chi connectivity index (χ3v) is 10.4. The van der Waals surface area contributed by atoms with Crippen LogP contribution >= 0.6 is 22.9 Å². The highest BCUT2D eigenvalue weighted by atomic mass is 35.5. The van der Waals surface area contributed by atoms with Crippen molar-refractivity contribution >= 4 is 46.8 Å². The van der Waals surface area contributed by atoms with E-state index >= 15 is 0 Å². The van der Waals surface area contributed by atoms with Crippen LogP contribution in [0.4, 0.5) is 4.79 Å². The number of halogens is 1. The Morgan fingerprint density at radius 1 is 1.16 bits per heavy atom. The summed E-state index contributed by atoms with van der Waals surface area (Å²) in [7, 11) is 1.53. The molecule has 1 aliphatic carbocycles. The molecule has 1 saturated carbocycles. The number of benzene rings is 1. The summed E-state index contributed by atoms with van der Waals surface area (Å²) in [6, 6.07) is 2.64. The molecular formula is C35H42ClN7O7S. The first-order valence-corrected chi connectivity index (χ1v) is 18.3. The summed E-state index contributed by atoms with van der Waals surface area (Å²) < 4.78 is 10.8. The average Bonchev–Trinajstić information content (AvgIpc) is 3.52. The fraction of sp³-hybridized carbons (Fsp3) is 0.514. The minimum absolute atomic E-state index is 0.0294. The number of fused-ring (bicyclic) bond motifs is 2. The molecule has 0 unspecified atom stereocenters. The Balaban J connectivity index is 1.37. The molecule has 4 heterocycles. The number of hydrogen-bond acceptors (Lipinski definition) is 10. The van der Waals surface area contributed by atoms with Crippen LogP contribution in [0.25, 0.3) is 22.0 Å². The van der Waals surface area contributed by atoms with Gasteiger partial charge in [0.2, 0.25) is 11.8 Å². The number of carboxylic acid groups (broad SMARTS) is 1. The summed E-state index contributed by atoms with van der Waals surface area (Å²) in [5.74, 6) is -2.06. The van der Waals surface area contributed by atoms with Crippen molar-refractivity contribution in [1.29, 1.82) is 0 Å². The Labute approximate surface area is 304 Å². The van der Waals surface area contributed by atoms with E-state index in [-0.39, 0.29) is 25.3 Å². The van der Waals surface area contributed by atoms with Crippen molar-refractivity contribution in [1.82, 2.24) is 35.5 Å². The number of methoxy groups -OCH3 is 1. The summed E-state index contributed by atoms with van der Waals surface area (Å²) in [5.41, 5.74) is -0.599. The Hall–Kier alpha value is -4.50. The number of carboxylic acids is 1. The van der Waals surface area contributed by atoms with E-state index in [0.717, 1.165) is 19.3 Å². The van der Waals surface area contributed by atoms with E-state index in [0.29, 0.717) is 45.6 Å². The molecule has 14 nitrogen and oxygen atoms in total. The van der Waals surface area contributed by atoms with E-state index in [1.54, 1.807) is 39.1 Å². The van der Waals surface area contributed by atoms with Crippen molar-refractivity contribution in [3.8, 4) is 27.7 Å². The van der Waals surface area contributed by atoms with Crippen LogP contribution in [0.5, 0.6) is 5.75 Å². The van der Waals surface area contributed by atoms with Gasteiger partial charge in [0.15, 0.2) is 0 Å². The number of nitrogens with zero attached hydrogens (tertiary/aromatic N) is 5. The number of aliphatic carboxylic acids is 1. The first kappa shape index (κ1) is 36.3. The van der Waals surface area contributed by atoms with Gasteiger partial charge >= 0.3 is 12.1 Å². The van der Waals surface area contributed by atoms with Crippen LogP contribution in [0.3, 0.4) is 0 Å². The molecule has 16 heteroatoms. The number of carbonyl (C=O) groups is 4. The van der Waals surface area contributed by atoms with Gasteiger partial charge in [0.05, 0.1) is 18.2 Å². The fourth-order valence-electron chi connectivity index (χ4n) is 6.67. The number of nitrogens with one attached hydrogen (secondary N) is 2. The molecule has 2 aliphatic heterocycles. The zero-order valence-corrected chi connectivity index (χ0v) is 30.5. The molecule has 1 saturated heterocycles. The Kier molecular flexibility index (Phi) is 10.4. The molecule has 5 atom stereocenters. The van der Waals surface area contributed by atoms with Crippen molar-refractivity contribution in [3.63, 3.8) is 0 Å². The number of aromatic nitrogens is 4. The Morgan fingerprint density at radius 3 is 2.63 bits per heavy atom. The van der Waals surface area contributed by atoms with Gasteiger partial charge in [-0.3, -0.25) is 9.59 Å². The lowest BCUT2D eigenvalue weighted by Crippen LogP contribution is -2.56. The number of allylic oxidation sites excluding steroid dienone is 1. The molecule has 0 spiro atoms. The molecule has 3 aromatic rings. The molecule has 6 rings (SSSR count). The first-order valence-electron chi connectivity index (χ1n) is 17.0. The molecular weight excluding hydrogens is 698 g/mol. The predicted octanol–water partition coefficient (Wildman–Crippen LogP) is 5.25. The van der Waals surface area contributed by atoms with Crippen LogP contribution in [0.15, 0.2) is 41.9 Å². The van der Waals surface area contributed by atoms with E-state index in [4.69, 9.17) is 31.3 Å². The highest BCUT2D eigenvalue weighted by Crippen LogP contribution is 2.46. The maximum Gasteiger partial charge on any atom is 0.408 e. The number of rotatable bonds is 6. The van der Waals surface area contributed by atoms with Gasteiger partial charge in [0, 0.05) is 36.0 Å². The molecule has 0 bridgehead atoms. The third-order valence-electron chi connectivity index (χ3n) is 9.34. The minimum Gasteiger partial charge on any atom is -0.495 e. The molecule has 3 aliphatic rings. The normalized spacial score (nSPS) is 26.2. The largest absolute Gasteiger partial charge is 0.495 e. The minimum atomic E-state index is -1.46. The predicted molar refractivity (Wildman–Crippen MR) is 189 cm³/mol. The van der Waals surface area contributed by atoms with Gasteiger partial charge in [-0.15, -0.1) is 16.4 Å². The number of alkyl carbamates (subject to hydrolysis) is 1. The SMILES string of the molecule is COc1ccc(-c2nn([C@H]3C[C@H]4C(=O)N[C@]5(C(=O)O)C[C@H]5/C=C\CCCCC[C@H](NC(=O)OC(C)(C)C)C(=O)N4C3)nc2-c2nccs2)cc1Cl. The lowest BCUT2D eigenvalue weighted by Gasteiger charge is -2.30. The van der Waals surface area contributed by atoms with E-state index in [9.17, 15) is 24.3 Å². The van der Waals surface area contributed by atoms with E-state index in [1.165, 1.54) is 28.1 Å². The molecule has 3 amide bonds. The topological polar surface area (TPSA) is 178 Å². The number of carbonyl (C=O) groups excluding carboxylic acids is 3. The van der Waals surface area contributed by atoms with Crippen molar-refractivity contribution in [3.05, 3.63) is 47.0 Å². The summed E-state index contributed by atoms with van der Waals surface area (Å²) in [6.45, 7) is 5.23. The van der Waals surface area contributed by atoms with Gasteiger partial charge < -0.3 is 30.1 Å². The number of amides is 3. The average molecular weight is 740 g/mol. The van der Waals surface area contributed by atoms with Gasteiger partial charge in [0.1, 0.15) is 45.4 Å². The van der Waals surface area contributed by atoms with E-state index in [1.807, 2.05) is 23.6 Å². The van der Waals surface area contributed by atoms with Gasteiger partial charge in [-0.2, -0.15) is 9.90 Å². The Morgan fingerprint density at radius 2 is 1.94 bits per heavy atom. The van der Waals surface area contributed by atoms with Crippen LogP contribution < -0.4 is 15.4 Å². The fourth-order valence-corrected chi connectivity index (χ4v) is 7.55. The summed E-state index contributed by atoms with van der Waals surface area (Å²) in [6.07, 6.45) is 8.41. The molecule has 1 aromatic carbocycles. The summed E-state index contributed by atoms with van der Waals surface area (Å²) in [5, 5.41) is 28.3. The number of thiazole rings is 1. The standard InChI is InChI=1S/C35H42ClN7O7S/c1-34(2,3)50-33(48)38-24-11-9-7-5-6-8-10-21-18-35(21,32(46)47)39-29(44)25-17-22(19-42(25)31(24)45)43-40-27(28(41-43)30-37-14-15-51-30)20-12-13-26(49-4)23(36)16-20/h8,10,12-16,21-22,24-25H,5-7,9,11,17-19H2,1-4H3,(H,38,48)(H,39,44)(H,46,47)/b10-8-/t21-,22+,24+,25+,35-/m1/s1. The van der Waals surface area contributed by atoms with Crippen LogP contribution in [0.1, 0.15) is 71.8 Å². The van der Waals surface area contributed by atoms with Gasteiger partial charge in [0.25, 0.3) is 0 Å². The molecule has 3 N–H and O–H groups in total. The summed E-state index contributed by atoms with van der Waals surface area (Å²) >= 11 is 7.87. The zero-order valence-electron chi connectivity index (χ0n) is 28.9. The quantitative estimate of drug-likeness (QED) is 0.283. The highest BCUT2D eigenvalue weighted by Gasteiger charge is 2.61. The van der Waals surface area contributed by atoms with Gasteiger partial charge in [-0.05, 0) is 64.7 Å². The second-order valence-electron chi connectivity index (χ2n) is 14.1. The lowest BCUT2D eigenvalue weighted by atomic mass is 10.0. The molecule has 2 fully saturated rings. The second-order valence-corrected chi connectivity index (χ2v) is 15.4. The van der Waals surface area contributed by atoms with Crippen molar-refractivity contribution < 1.29 is 33.8 Å². The monoisotopic (exact) mass is 739 g/mol. The molecule has 2 aromatic heterocycles. The van der Waals surface area contributed by atoms with Gasteiger partial charge in [-0.25, -0.2) is 14.6 Å². The molecule has 272 valence electrons. The van der Waals surface area contributed by atoms with Crippen LogP contribution in [0.2, 0.25) is 5.02 Å². The summed E-state index contributed by atoms with van der Waals surface area (Å²) in [4.78, 5) is 61.4. The maximum absolute atomic E-state index is 14.4. The van der Waals surface area contributed by atoms with Crippen molar-refractivity contribution in [2.45, 2.75) is 95.0 Å². The van der Waals surface area contributed by atoms with Crippen LogP contribution in [-0.2, 0) is 19.1 Å². The van der Waals surface area contributed by atoms with Crippen LogP contribution in [0, 0.1) is 5.92 Å². The van der Waals surface area contributed by atoms with Gasteiger partial charge in [-0.1, -0.05) is 36.6 Å². The second kappa shape index (κ2) is 14.6. The van der Waals surface area contributed by atoms with Crippen LogP contribution in [-0.4, -0.2) is 90.7 Å². The number of ether oxygens (including phenoxy) is 2. The maximum atomic E-state index is 14.4. The van der Waals surface area contributed by atoms with Crippen molar-refractivity contribution in [2.75, 3.05) is 13.7 Å². The molecule has 51 heavy (non-hydrogen) atoms. The molecule has 0 radical (unpaired) electrons. The zero-order chi connectivity index (χ0) is 36.5.